The van der Waals surface area contributed by atoms with E-state index in [0.717, 1.165) is 5.56 Å². The second-order valence-corrected chi connectivity index (χ2v) is 5.44. The highest BCUT2D eigenvalue weighted by atomic mass is 16.5. The molecule has 0 spiro atoms. The number of aromatic hydroxyl groups is 1. The SMILES string of the molecule is COc1cc(CN(C)C(=O)C2(N)CCOCC2)ccc1O. The number of phenolic OH excluding ortho intramolecular Hbond substituents is 1. The summed E-state index contributed by atoms with van der Waals surface area (Å²) in [4.78, 5) is 14.1. The maximum absolute atomic E-state index is 12.5. The van der Waals surface area contributed by atoms with Gasteiger partial charge in [-0.05, 0) is 30.5 Å². The summed E-state index contributed by atoms with van der Waals surface area (Å²) in [7, 11) is 3.22. The first-order valence-corrected chi connectivity index (χ1v) is 6.94. The van der Waals surface area contributed by atoms with E-state index >= 15 is 0 Å². The minimum atomic E-state index is -0.839. The van der Waals surface area contributed by atoms with Gasteiger partial charge in [0.25, 0.3) is 0 Å². The van der Waals surface area contributed by atoms with Crippen molar-refractivity contribution in [1.82, 2.24) is 4.90 Å². The normalized spacial score (nSPS) is 17.3. The van der Waals surface area contributed by atoms with Gasteiger partial charge >= 0.3 is 0 Å². The summed E-state index contributed by atoms with van der Waals surface area (Å²) in [6, 6.07) is 5.03. The van der Waals surface area contributed by atoms with Crippen molar-refractivity contribution in [2.24, 2.45) is 5.73 Å². The molecule has 0 radical (unpaired) electrons. The van der Waals surface area contributed by atoms with E-state index in [9.17, 15) is 9.90 Å². The Morgan fingerprint density at radius 1 is 1.48 bits per heavy atom. The molecule has 1 aromatic rings. The maximum atomic E-state index is 12.5. The Kier molecular flexibility index (Phi) is 4.69. The molecule has 1 aliphatic rings. The molecule has 0 aromatic heterocycles. The van der Waals surface area contributed by atoms with Gasteiger partial charge in [-0.25, -0.2) is 0 Å². The molecule has 0 bridgehead atoms. The lowest BCUT2D eigenvalue weighted by Gasteiger charge is -2.35. The Bertz CT molecular complexity index is 512. The number of methoxy groups -OCH3 is 1. The van der Waals surface area contributed by atoms with Crippen LogP contribution in [-0.4, -0.2) is 48.8 Å². The predicted molar refractivity (Wildman–Crippen MR) is 78.1 cm³/mol. The zero-order valence-corrected chi connectivity index (χ0v) is 12.5. The molecule has 1 heterocycles. The fraction of sp³-hybridized carbons (Fsp3) is 0.533. The number of likely N-dealkylation sites (N-methyl/N-ethyl adjacent to an activating group) is 1. The quantitative estimate of drug-likeness (QED) is 0.860. The maximum Gasteiger partial charge on any atom is 0.242 e. The van der Waals surface area contributed by atoms with Gasteiger partial charge in [0.2, 0.25) is 5.91 Å². The minimum absolute atomic E-state index is 0.0787. The van der Waals surface area contributed by atoms with Gasteiger partial charge in [-0.2, -0.15) is 0 Å². The Hall–Kier alpha value is -1.79. The van der Waals surface area contributed by atoms with Crippen LogP contribution in [0.3, 0.4) is 0 Å². The van der Waals surface area contributed by atoms with Crippen LogP contribution in [-0.2, 0) is 16.1 Å². The number of phenols is 1. The van der Waals surface area contributed by atoms with Crippen LogP contribution >= 0.6 is 0 Å². The highest BCUT2D eigenvalue weighted by molar-refractivity contribution is 5.86. The number of nitrogens with zero attached hydrogens (tertiary/aromatic N) is 1. The van der Waals surface area contributed by atoms with Crippen LogP contribution in [0.25, 0.3) is 0 Å². The third-order valence-electron chi connectivity index (χ3n) is 3.82. The smallest absolute Gasteiger partial charge is 0.242 e. The summed E-state index contributed by atoms with van der Waals surface area (Å²) in [6.07, 6.45) is 1.07. The van der Waals surface area contributed by atoms with Gasteiger partial charge in [0.05, 0.1) is 12.6 Å². The molecule has 21 heavy (non-hydrogen) atoms. The van der Waals surface area contributed by atoms with E-state index in [0.29, 0.717) is 38.3 Å². The number of carbonyl (C=O) groups excluding carboxylic acids is 1. The van der Waals surface area contributed by atoms with E-state index in [1.807, 2.05) is 0 Å². The van der Waals surface area contributed by atoms with Gasteiger partial charge in [0.1, 0.15) is 0 Å². The fourth-order valence-electron chi connectivity index (χ4n) is 2.50. The lowest BCUT2D eigenvalue weighted by Crippen LogP contribution is -2.57. The van der Waals surface area contributed by atoms with Crippen molar-refractivity contribution in [2.75, 3.05) is 27.4 Å². The molecule has 0 aliphatic carbocycles. The van der Waals surface area contributed by atoms with Crippen LogP contribution in [0.15, 0.2) is 18.2 Å². The van der Waals surface area contributed by atoms with Crippen LogP contribution in [0.5, 0.6) is 11.5 Å². The van der Waals surface area contributed by atoms with Gasteiger partial charge in [-0.1, -0.05) is 6.07 Å². The molecule has 0 saturated carbocycles. The summed E-state index contributed by atoms with van der Waals surface area (Å²) >= 11 is 0. The molecule has 1 fully saturated rings. The zero-order chi connectivity index (χ0) is 15.5. The average Bonchev–Trinajstić information content (AvgIpc) is 2.49. The number of carbonyl (C=O) groups is 1. The monoisotopic (exact) mass is 294 g/mol. The Morgan fingerprint density at radius 2 is 2.14 bits per heavy atom. The number of hydrogen-bond donors (Lipinski definition) is 2. The van der Waals surface area contributed by atoms with Gasteiger partial charge in [0, 0.05) is 26.8 Å². The summed E-state index contributed by atoms with van der Waals surface area (Å²) in [5.74, 6) is 0.384. The van der Waals surface area contributed by atoms with E-state index in [1.54, 1.807) is 30.1 Å². The molecule has 6 heteroatoms. The Balaban J connectivity index is 2.06. The van der Waals surface area contributed by atoms with Crippen molar-refractivity contribution < 1.29 is 19.4 Å². The summed E-state index contributed by atoms with van der Waals surface area (Å²) in [5.41, 5.74) is 6.23. The first-order chi connectivity index (χ1) is 9.96. The molecule has 1 aromatic carbocycles. The molecule has 1 saturated heterocycles. The molecule has 0 unspecified atom stereocenters. The number of rotatable bonds is 4. The van der Waals surface area contributed by atoms with Crippen LogP contribution in [0, 0.1) is 0 Å². The van der Waals surface area contributed by atoms with E-state index in [4.69, 9.17) is 15.2 Å². The van der Waals surface area contributed by atoms with Gasteiger partial charge in [0.15, 0.2) is 11.5 Å². The molecule has 1 aliphatic heterocycles. The number of nitrogens with two attached hydrogens (primary N) is 1. The number of ether oxygens (including phenoxy) is 2. The van der Waals surface area contributed by atoms with Gasteiger partial charge in [-0.15, -0.1) is 0 Å². The highest BCUT2D eigenvalue weighted by Crippen LogP contribution is 2.27. The molecule has 3 N–H and O–H groups in total. The number of benzene rings is 1. The third kappa shape index (κ3) is 3.46. The summed E-state index contributed by atoms with van der Waals surface area (Å²) in [5, 5.41) is 9.58. The van der Waals surface area contributed by atoms with E-state index in [2.05, 4.69) is 0 Å². The zero-order valence-electron chi connectivity index (χ0n) is 12.5. The van der Waals surface area contributed by atoms with Gasteiger partial charge < -0.3 is 25.2 Å². The first-order valence-electron chi connectivity index (χ1n) is 6.94. The van der Waals surface area contributed by atoms with Crippen molar-refractivity contribution in [3.8, 4) is 11.5 Å². The van der Waals surface area contributed by atoms with Gasteiger partial charge in [-0.3, -0.25) is 4.79 Å². The van der Waals surface area contributed by atoms with E-state index < -0.39 is 5.54 Å². The largest absolute Gasteiger partial charge is 0.504 e. The Morgan fingerprint density at radius 3 is 2.76 bits per heavy atom. The third-order valence-corrected chi connectivity index (χ3v) is 3.82. The summed E-state index contributed by atoms with van der Waals surface area (Å²) < 4.78 is 10.3. The fourth-order valence-corrected chi connectivity index (χ4v) is 2.50. The molecular weight excluding hydrogens is 272 g/mol. The molecule has 2 rings (SSSR count). The van der Waals surface area contributed by atoms with Crippen LogP contribution in [0.4, 0.5) is 0 Å². The first kappa shape index (κ1) is 15.6. The lowest BCUT2D eigenvalue weighted by atomic mass is 9.89. The molecule has 0 atom stereocenters. The summed E-state index contributed by atoms with van der Waals surface area (Å²) in [6.45, 7) is 1.45. The standard InChI is InChI=1S/C15H22N2O4/c1-17(14(19)15(16)5-7-21-8-6-15)10-11-3-4-12(18)13(9-11)20-2/h3-4,9,18H,5-8,10,16H2,1-2H3. The molecular formula is C15H22N2O4. The number of hydrogen-bond acceptors (Lipinski definition) is 5. The van der Waals surface area contributed by atoms with E-state index in [-0.39, 0.29) is 11.7 Å². The van der Waals surface area contributed by atoms with Crippen molar-refractivity contribution in [1.29, 1.82) is 0 Å². The van der Waals surface area contributed by atoms with Crippen LogP contribution < -0.4 is 10.5 Å². The average molecular weight is 294 g/mol. The van der Waals surface area contributed by atoms with Crippen LogP contribution in [0.2, 0.25) is 0 Å². The highest BCUT2D eigenvalue weighted by Gasteiger charge is 2.37. The number of amides is 1. The second kappa shape index (κ2) is 6.32. The Labute approximate surface area is 124 Å². The van der Waals surface area contributed by atoms with Crippen molar-refractivity contribution in [3.63, 3.8) is 0 Å². The van der Waals surface area contributed by atoms with E-state index in [1.165, 1.54) is 7.11 Å². The lowest BCUT2D eigenvalue weighted by molar-refractivity contribution is -0.139. The topological polar surface area (TPSA) is 85.0 Å². The minimum Gasteiger partial charge on any atom is -0.504 e. The molecule has 116 valence electrons. The predicted octanol–water partition coefficient (Wildman–Crippen LogP) is 0.867. The molecule has 1 amide bonds. The molecule has 6 nitrogen and oxygen atoms in total. The van der Waals surface area contributed by atoms with Crippen molar-refractivity contribution in [3.05, 3.63) is 23.8 Å². The van der Waals surface area contributed by atoms with Crippen LogP contribution in [0.1, 0.15) is 18.4 Å². The second-order valence-electron chi connectivity index (χ2n) is 5.44. The van der Waals surface area contributed by atoms with Crippen molar-refractivity contribution in [2.45, 2.75) is 24.9 Å². The van der Waals surface area contributed by atoms with Crippen molar-refractivity contribution >= 4 is 5.91 Å².